The number of rotatable bonds is 0. The number of aromatic nitrogens is 12. The van der Waals surface area contributed by atoms with E-state index in [0.29, 0.717) is 22.6 Å². The zero-order chi connectivity index (χ0) is 73.5. The number of nitrogens with two attached hydrogens (primary N) is 2. The van der Waals surface area contributed by atoms with Crippen molar-refractivity contribution in [2.45, 2.75) is 35.1 Å². The fourth-order valence-electron chi connectivity index (χ4n) is 9.48. The Labute approximate surface area is 598 Å². The molecule has 0 aliphatic heterocycles. The second-order valence-corrected chi connectivity index (χ2v) is 23.6. The molecule has 0 bridgehead atoms. The monoisotopic (exact) mass is 1530 g/mol. The van der Waals surface area contributed by atoms with E-state index in [1.54, 1.807) is 17.6 Å². The molecule has 14 N–H and O–H groups in total. The van der Waals surface area contributed by atoms with E-state index in [1.807, 2.05) is 194 Å². The van der Waals surface area contributed by atoms with Crippen molar-refractivity contribution in [2.24, 2.45) is 11.5 Å². The molecule has 0 aliphatic rings. The summed E-state index contributed by atoms with van der Waals surface area (Å²) in [7, 11) is 1.14. The molecule has 0 aliphatic carbocycles. The number of hydrogen-bond donors (Lipinski definition) is 8. The Morgan fingerprint density at radius 2 is 0.515 bits per heavy atom. The first kappa shape index (κ1) is 85.0. The van der Waals surface area contributed by atoms with Gasteiger partial charge in [0, 0.05) is 70.6 Å². The molecular weight excluding hydrogens is 1470 g/mol. The zero-order valence-electron chi connectivity index (χ0n) is 53.3. The maximum atomic E-state index is 12.1. The summed E-state index contributed by atoms with van der Waals surface area (Å²) in [6, 6.07) is 61.4. The summed E-state index contributed by atoms with van der Waals surface area (Å²) >= 11 is 4.64. The molecule has 0 atom stereocenters. The Balaban J connectivity index is 0.000000315. The van der Waals surface area contributed by atoms with Crippen LogP contribution < -0.4 is 40.4 Å². The molecule has 103 heavy (non-hydrogen) atoms. The Morgan fingerprint density at radius 3 is 0.680 bits per heavy atom. The number of nitrogens with zero attached hydrogens (tertiary/aromatic N) is 8. The third-order valence-corrected chi connectivity index (χ3v) is 12.7. The maximum Gasteiger partial charge on any atom is 0.425 e. The third-order valence-electron chi connectivity index (χ3n) is 12.7. The number of carboxylic acid groups (broad SMARTS) is 1. The van der Waals surface area contributed by atoms with E-state index in [4.69, 9.17) is 39.4 Å². The predicted molar refractivity (Wildman–Crippen MR) is 397 cm³/mol. The molecule has 2 amide bonds. The number of benzene rings is 8. The highest BCUT2D eigenvalue weighted by Gasteiger charge is 2.14. The number of fused-ring (bicyclic) bond motifs is 20. The third kappa shape index (κ3) is 23.4. The summed E-state index contributed by atoms with van der Waals surface area (Å²) in [5.74, 6) is -1.50. The molecule has 0 saturated carbocycles. The Morgan fingerprint density at radius 1 is 0.379 bits per heavy atom. The molecule has 16 rings (SSSR count). The smallest absolute Gasteiger partial charge is 0.425 e. The van der Waals surface area contributed by atoms with Crippen molar-refractivity contribution in [3.63, 3.8) is 0 Å². The van der Waals surface area contributed by atoms with Crippen LogP contribution in [0.15, 0.2) is 213 Å². The fraction of sp³-hybridized carbons (Fsp3) is 0.0769. The minimum atomic E-state index is -3.11. The van der Waals surface area contributed by atoms with Gasteiger partial charge in [-0.3, -0.25) is 19.2 Å². The molecule has 32 nitrogen and oxygen atoms in total. The first-order valence-electron chi connectivity index (χ1n) is 28.2. The average Bonchev–Trinajstić information content (AvgIpc) is 1.64. The standard InChI is InChI=1S/4C14H9N3O.C2H3ClO.2C2H5NO.C2H4O2.CH4.Cl2OS.H3N.2O3S.H2O/c4*18-14-16-10-6-2-1-5-9(10)13-15-11-7-3-4-8-12(11)17(13)14;4*1-2(3)4;;1-4(2)3;;2*1-4(2)3;/h4*1-8H,(H,16,18);1H3;2*1H3,(H2,3,4);1H3,(H,3,4);1H4;;1H3;;;1H2. The van der Waals surface area contributed by atoms with Crippen molar-refractivity contribution < 1.29 is 59.2 Å². The van der Waals surface area contributed by atoms with E-state index in [2.05, 4.69) is 84.3 Å². The van der Waals surface area contributed by atoms with Gasteiger partial charge in [-0.15, -0.1) is 25.3 Å². The Bertz CT molecular complexity index is 5480. The highest BCUT2D eigenvalue weighted by molar-refractivity contribution is 8.26. The summed E-state index contributed by atoms with van der Waals surface area (Å²) in [6.45, 7) is 4.99. The van der Waals surface area contributed by atoms with Gasteiger partial charge >= 0.3 is 44.0 Å². The molecule has 538 valence electrons. The lowest BCUT2D eigenvalue weighted by Gasteiger charge is -1.99. The quantitative estimate of drug-likeness (QED) is 0.0663. The zero-order valence-corrected chi connectivity index (χ0v) is 58.1. The van der Waals surface area contributed by atoms with E-state index in [9.17, 15) is 33.6 Å². The summed E-state index contributed by atoms with van der Waals surface area (Å²) in [5.41, 5.74) is 21.0. The van der Waals surface area contributed by atoms with Gasteiger partial charge in [-0.05, 0) is 109 Å². The van der Waals surface area contributed by atoms with Gasteiger partial charge in [-0.25, -0.2) is 60.9 Å². The summed E-state index contributed by atoms with van der Waals surface area (Å²) in [5, 5.41) is 10.9. The molecule has 0 unspecified atom stereocenters. The van der Waals surface area contributed by atoms with Gasteiger partial charge in [0.1, 0.15) is 0 Å². The highest BCUT2D eigenvalue weighted by Crippen LogP contribution is 2.24. The lowest BCUT2D eigenvalue weighted by atomic mass is 10.2. The number of aliphatic carboxylic acids is 1. The lowest BCUT2D eigenvalue weighted by molar-refractivity contribution is -0.134. The second kappa shape index (κ2) is 40.1. The largest absolute Gasteiger partial charge is 0.481 e. The molecule has 38 heteroatoms. The van der Waals surface area contributed by atoms with Crippen LogP contribution in [0.2, 0.25) is 0 Å². The number of carbonyl (C=O) groups excluding carboxylic acids is 3. The van der Waals surface area contributed by atoms with Gasteiger partial charge in [0.05, 0.1) is 66.2 Å². The average molecular weight is 1530 g/mol. The van der Waals surface area contributed by atoms with Gasteiger partial charge in [-0.2, -0.15) is 0 Å². The molecule has 0 radical (unpaired) electrons. The van der Waals surface area contributed by atoms with E-state index in [-0.39, 0.29) is 58.9 Å². The predicted octanol–water partition coefficient (Wildman–Crippen LogP) is 8.17. The minimum absolute atomic E-state index is 0. The van der Waals surface area contributed by atoms with Gasteiger partial charge in [0.25, 0.3) is 5.97 Å². The highest BCUT2D eigenvalue weighted by atomic mass is 36.0. The van der Waals surface area contributed by atoms with Gasteiger partial charge in [0.2, 0.25) is 26.3 Å². The topological polar surface area (TPSA) is 527 Å². The van der Waals surface area contributed by atoms with Crippen LogP contribution in [0.4, 0.5) is 0 Å². The van der Waals surface area contributed by atoms with E-state index >= 15 is 0 Å². The van der Waals surface area contributed by atoms with Crippen molar-refractivity contribution in [3.8, 4) is 0 Å². The van der Waals surface area contributed by atoms with Crippen molar-refractivity contribution in [1.82, 2.24) is 63.6 Å². The van der Waals surface area contributed by atoms with Crippen molar-refractivity contribution in [2.75, 3.05) is 0 Å². The SMILES string of the molecule is C.CC(=O)Cl.CC(=O)O.CC(N)=O.CC(N)=O.N.O.O=S(=O)=O.O=S(=O)=O.O=S(Cl)Cl.O=c1[nH]c2ccccc2c2nc3ccccc3n12.O=c1[nH]c2ccccc2c2nc3ccccc3n12.O=c1[nH]c2ccccc2c2nc3ccccc3n12.O=c1[nH]c2ccccc2c2nc3ccccc3n12. The van der Waals surface area contributed by atoms with E-state index < -0.39 is 36.4 Å². The van der Waals surface area contributed by atoms with E-state index in [0.717, 1.165) is 94.7 Å². The van der Waals surface area contributed by atoms with E-state index in [1.165, 1.54) is 20.8 Å². The number of nitrogens with one attached hydrogen (secondary N) is 4. The number of hydrogen-bond acceptors (Lipinski definition) is 20. The number of carboxylic acids is 1. The molecule has 16 aromatic rings. The van der Waals surface area contributed by atoms with Gasteiger partial charge in [0.15, 0.2) is 22.6 Å². The minimum Gasteiger partial charge on any atom is -0.481 e. The summed E-state index contributed by atoms with van der Waals surface area (Å²) < 4.78 is 66.2. The number of halogens is 3. The van der Waals surface area contributed by atoms with Crippen LogP contribution in [0.1, 0.15) is 35.1 Å². The van der Waals surface area contributed by atoms with Crippen molar-refractivity contribution in [1.29, 1.82) is 0 Å². The van der Waals surface area contributed by atoms with Crippen LogP contribution in [-0.2, 0) is 49.6 Å². The molecule has 0 spiro atoms. The first-order valence-corrected chi connectivity index (χ1v) is 33.4. The number of imidazole rings is 4. The van der Waals surface area contributed by atoms with Crippen LogP contribution in [0.3, 0.4) is 0 Å². The van der Waals surface area contributed by atoms with Crippen LogP contribution in [0.25, 0.3) is 110 Å². The van der Waals surface area contributed by atoms with Gasteiger partial charge < -0.3 is 48.1 Å². The van der Waals surface area contributed by atoms with Crippen molar-refractivity contribution >= 4 is 197 Å². The Kier molecular flexibility index (Phi) is 33.1. The number of primary amides is 2. The number of aromatic amines is 4. The molecule has 8 aromatic carbocycles. The fourth-order valence-corrected chi connectivity index (χ4v) is 9.48. The van der Waals surface area contributed by atoms with Crippen LogP contribution >= 0.6 is 33.0 Å². The molecule has 0 saturated heterocycles. The summed E-state index contributed by atoms with van der Waals surface area (Å²) in [6.07, 6.45) is 0. The molecule has 8 aromatic heterocycles. The number of para-hydroxylation sites is 12. The number of H-pyrrole nitrogens is 4. The lowest BCUT2D eigenvalue weighted by Crippen LogP contribution is -2.15. The van der Waals surface area contributed by atoms with Crippen LogP contribution in [0, 0.1) is 0 Å². The number of carbonyl (C=O) groups is 4. The second-order valence-electron chi connectivity index (χ2n) is 19.7. The Hall–Kier alpha value is -12.2. The van der Waals surface area contributed by atoms with Crippen LogP contribution in [0.5, 0.6) is 0 Å². The summed E-state index contributed by atoms with van der Waals surface area (Å²) in [4.78, 5) is 115. The molecule has 0 fully saturated rings. The molecular formula is C65H62Cl3N15O17S3. The van der Waals surface area contributed by atoms with Crippen molar-refractivity contribution in [3.05, 3.63) is 236 Å². The first-order chi connectivity index (χ1) is 47.5. The van der Waals surface area contributed by atoms with Gasteiger partial charge in [-0.1, -0.05) is 104 Å². The number of amides is 2. The normalized spacial score (nSPS) is 9.86. The maximum absolute atomic E-state index is 12.1. The molecule has 8 heterocycles. The van der Waals surface area contributed by atoms with Crippen LogP contribution in [-0.4, -0.2) is 121 Å².